The minimum absolute atomic E-state index is 0.335. The Kier molecular flexibility index (Phi) is 3.89. The van der Waals surface area contributed by atoms with Crippen LogP contribution in [0.5, 0.6) is 5.75 Å². The summed E-state index contributed by atoms with van der Waals surface area (Å²) < 4.78 is 10.7. The predicted octanol–water partition coefficient (Wildman–Crippen LogP) is 3.34. The fourth-order valence-corrected chi connectivity index (χ4v) is 2.66. The van der Waals surface area contributed by atoms with E-state index >= 15 is 0 Å². The summed E-state index contributed by atoms with van der Waals surface area (Å²) >= 11 is 0. The number of aryl methyl sites for hydroxylation is 1. The lowest BCUT2D eigenvalue weighted by molar-refractivity contribution is 0.263. The van der Waals surface area contributed by atoms with Crippen LogP contribution in [0.2, 0.25) is 25.7 Å². The van der Waals surface area contributed by atoms with E-state index in [0.717, 1.165) is 12.4 Å². The summed E-state index contributed by atoms with van der Waals surface area (Å²) in [5.41, 5.74) is 1.42. The standard InChI is InChI=1S/C14H22O2Si/c1-17(2,3)9-8-12-4-6-13(7-5-12)15-10-14-11-16-14/h4-7,14H,8-11H2,1-3H3. The average Bonchev–Trinajstić information content (AvgIpc) is 3.08. The van der Waals surface area contributed by atoms with Crippen molar-refractivity contribution >= 4 is 8.07 Å². The third kappa shape index (κ3) is 4.92. The highest BCUT2D eigenvalue weighted by Crippen LogP contribution is 2.18. The van der Waals surface area contributed by atoms with Gasteiger partial charge in [-0.2, -0.15) is 0 Å². The number of rotatable bonds is 6. The molecule has 1 aromatic rings. The Bertz CT molecular complexity index is 349. The van der Waals surface area contributed by atoms with Gasteiger partial charge in [0.15, 0.2) is 0 Å². The Balaban J connectivity index is 1.79. The van der Waals surface area contributed by atoms with Gasteiger partial charge in [-0.25, -0.2) is 0 Å². The molecule has 1 atom stereocenters. The van der Waals surface area contributed by atoms with E-state index in [1.807, 2.05) is 0 Å². The molecule has 17 heavy (non-hydrogen) atoms. The Morgan fingerprint density at radius 1 is 1.24 bits per heavy atom. The Labute approximate surface area is 105 Å². The van der Waals surface area contributed by atoms with Crippen LogP contribution in [0, 0.1) is 0 Å². The van der Waals surface area contributed by atoms with Gasteiger partial charge in [0.1, 0.15) is 18.5 Å². The second kappa shape index (κ2) is 5.23. The van der Waals surface area contributed by atoms with E-state index in [4.69, 9.17) is 9.47 Å². The van der Waals surface area contributed by atoms with E-state index in [1.165, 1.54) is 18.0 Å². The van der Waals surface area contributed by atoms with E-state index in [1.54, 1.807) is 0 Å². The van der Waals surface area contributed by atoms with E-state index in [0.29, 0.717) is 12.7 Å². The molecule has 1 unspecified atom stereocenters. The third-order valence-corrected chi connectivity index (χ3v) is 4.68. The van der Waals surface area contributed by atoms with Crippen LogP contribution in [0.3, 0.4) is 0 Å². The lowest BCUT2D eigenvalue weighted by Crippen LogP contribution is -2.19. The summed E-state index contributed by atoms with van der Waals surface area (Å²) in [5.74, 6) is 0.956. The van der Waals surface area contributed by atoms with Crippen molar-refractivity contribution in [3.63, 3.8) is 0 Å². The molecule has 0 aromatic heterocycles. The smallest absolute Gasteiger partial charge is 0.119 e. The SMILES string of the molecule is C[Si](C)(C)CCc1ccc(OCC2CO2)cc1. The van der Waals surface area contributed by atoms with Crippen molar-refractivity contribution in [2.75, 3.05) is 13.2 Å². The zero-order valence-corrected chi connectivity index (χ0v) is 12.0. The van der Waals surface area contributed by atoms with Crippen LogP contribution in [0.15, 0.2) is 24.3 Å². The molecule has 0 amide bonds. The molecule has 2 nitrogen and oxygen atoms in total. The van der Waals surface area contributed by atoms with Crippen molar-refractivity contribution in [3.8, 4) is 5.75 Å². The van der Waals surface area contributed by atoms with E-state index in [-0.39, 0.29) is 0 Å². The molecule has 1 aliphatic heterocycles. The second-order valence-electron chi connectivity index (χ2n) is 5.97. The van der Waals surface area contributed by atoms with Crippen LogP contribution in [0.25, 0.3) is 0 Å². The first-order valence-corrected chi connectivity index (χ1v) is 10.1. The fraction of sp³-hybridized carbons (Fsp3) is 0.571. The third-order valence-electron chi connectivity index (χ3n) is 2.93. The van der Waals surface area contributed by atoms with Crippen LogP contribution in [-0.2, 0) is 11.2 Å². The summed E-state index contributed by atoms with van der Waals surface area (Å²) in [6, 6.07) is 9.86. The van der Waals surface area contributed by atoms with E-state index < -0.39 is 8.07 Å². The highest BCUT2D eigenvalue weighted by Gasteiger charge is 2.22. The molecule has 94 valence electrons. The molecule has 2 rings (SSSR count). The molecule has 1 heterocycles. The highest BCUT2D eigenvalue weighted by atomic mass is 28.3. The maximum Gasteiger partial charge on any atom is 0.119 e. The van der Waals surface area contributed by atoms with Gasteiger partial charge in [-0.15, -0.1) is 0 Å². The number of ether oxygens (including phenoxy) is 2. The van der Waals surface area contributed by atoms with Crippen molar-refractivity contribution in [1.82, 2.24) is 0 Å². The Morgan fingerprint density at radius 2 is 1.88 bits per heavy atom. The monoisotopic (exact) mass is 250 g/mol. The molecule has 1 saturated heterocycles. The van der Waals surface area contributed by atoms with Gasteiger partial charge in [-0.3, -0.25) is 0 Å². The lowest BCUT2D eigenvalue weighted by atomic mass is 10.2. The van der Waals surface area contributed by atoms with Crippen LogP contribution in [-0.4, -0.2) is 27.4 Å². The number of hydrogen-bond acceptors (Lipinski definition) is 2. The minimum Gasteiger partial charge on any atom is -0.491 e. The molecular formula is C14H22O2Si. The number of epoxide rings is 1. The molecule has 3 heteroatoms. The van der Waals surface area contributed by atoms with Gasteiger partial charge in [0.05, 0.1) is 6.61 Å². The van der Waals surface area contributed by atoms with Crippen molar-refractivity contribution in [1.29, 1.82) is 0 Å². The zero-order chi connectivity index (χ0) is 12.3. The number of benzene rings is 1. The quantitative estimate of drug-likeness (QED) is 0.570. The van der Waals surface area contributed by atoms with Gasteiger partial charge >= 0.3 is 0 Å². The first-order chi connectivity index (χ1) is 8.03. The summed E-state index contributed by atoms with van der Waals surface area (Å²) in [4.78, 5) is 0. The Hall–Kier alpha value is -0.803. The van der Waals surface area contributed by atoms with E-state index in [9.17, 15) is 0 Å². The van der Waals surface area contributed by atoms with E-state index in [2.05, 4.69) is 43.9 Å². The molecule has 0 aliphatic carbocycles. The maximum absolute atomic E-state index is 5.61. The van der Waals surface area contributed by atoms with Crippen molar-refractivity contribution < 1.29 is 9.47 Å². The first-order valence-electron chi connectivity index (χ1n) is 6.36. The van der Waals surface area contributed by atoms with Crippen LogP contribution < -0.4 is 4.74 Å². The van der Waals surface area contributed by atoms with Gasteiger partial charge in [0.2, 0.25) is 0 Å². The largest absolute Gasteiger partial charge is 0.491 e. The number of hydrogen-bond donors (Lipinski definition) is 0. The predicted molar refractivity (Wildman–Crippen MR) is 73.5 cm³/mol. The first kappa shape index (κ1) is 12.6. The zero-order valence-electron chi connectivity index (χ0n) is 11.0. The maximum atomic E-state index is 5.61. The van der Waals surface area contributed by atoms with Gasteiger partial charge in [0, 0.05) is 8.07 Å². The summed E-state index contributed by atoms with van der Waals surface area (Å²) in [6.45, 7) is 8.79. The van der Waals surface area contributed by atoms with Crippen molar-refractivity contribution in [2.45, 2.75) is 38.2 Å². The summed E-state index contributed by atoms with van der Waals surface area (Å²) in [7, 11) is -0.923. The second-order valence-corrected chi connectivity index (χ2v) is 11.6. The molecule has 0 spiro atoms. The Morgan fingerprint density at radius 3 is 2.41 bits per heavy atom. The minimum atomic E-state index is -0.923. The topological polar surface area (TPSA) is 21.8 Å². The van der Waals surface area contributed by atoms with Crippen LogP contribution in [0.4, 0.5) is 0 Å². The van der Waals surface area contributed by atoms with Crippen LogP contribution in [0.1, 0.15) is 5.56 Å². The molecule has 1 aromatic carbocycles. The lowest BCUT2D eigenvalue weighted by Gasteiger charge is -2.15. The molecule has 0 radical (unpaired) electrons. The molecule has 1 fully saturated rings. The van der Waals surface area contributed by atoms with Crippen molar-refractivity contribution in [2.24, 2.45) is 0 Å². The van der Waals surface area contributed by atoms with Gasteiger partial charge in [0.25, 0.3) is 0 Å². The fourth-order valence-electron chi connectivity index (χ4n) is 1.63. The average molecular weight is 250 g/mol. The molecule has 0 bridgehead atoms. The van der Waals surface area contributed by atoms with Gasteiger partial charge in [-0.05, 0) is 24.1 Å². The van der Waals surface area contributed by atoms with Crippen molar-refractivity contribution in [3.05, 3.63) is 29.8 Å². The summed E-state index contributed by atoms with van der Waals surface area (Å²) in [5, 5.41) is 0. The highest BCUT2D eigenvalue weighted by molar-refractivity contribution is 6.76. The van der Waals surface area contributed by atoms with Gasteiger partial charge in [-0.1, -0.05) is 37.8 Å². The normalized spacial score (nSPS) is 19.1. The summed E-state index contributed by atoms with van der Waals surface area (Å²) in [6.07, 6.45) is 1.53. The van der Waals surface area contributed by atoms with Crippen LogP contribution >= 0.6 is 0 Å². The van der Waals surface area contributed by atoms with Gasteiger partial charge < -0.3 is 9.47 Å². The molecular weight excluding hydrogens is 228 g/mol. The molecule has 1 aliphatic rings. The molecule has 0 saturated carbocycles. The molecule has 0 N–H and O–H groups in total.